The van der Waals surface area contributed by atoms with Gasteiger partial charge in [0.15, 0.2) is 16.6 Å². The third-order valence-electron chi connectivity index (χ3n) is 11.4. The number of carbonyl (C=O) groups excluding carboxylic acids is 4. The molecule has 0 atom stereocenters. The first kappa shape index (κ1) is 64.3. The van der Waals surface area contributed by atoms with Crippen LogP contribution in [0.25, 0.3) is 11.1 Å². The molecule has 0 fully saturated rings. The number of allylic oxidation sites excluding steroid dienone is 4. The summed E-state index contributed by atoms with van der Waals surface area (Å²) in [5.41, 5.74) is 5.04. The van der Waals surface area contributed by atoms with E-state index in [4.69, 9.17) is 39.5 Å². The lowest BCUT2D eigenvalue weighted by Gasteiger charge is -2.43. The third-order valence-corrected chi connectivity index (χ3v) is 34.7. The first-order valence-corrected chi connectivity index (χ1v) is 43.9. The molecule has 0 spiro atoms. The van der Waals surface area contributed by atoms with Crippen LogP contribution in [0.1, 0.15) is 48.9 Å². The topological polar surface area (TPSA) is 151 Å². The number of ether oxygens (including phenoxy) is 4. The molecule has 416 valence electrons. The van der Waals surface area contributed by atoms with Crippen LogP contribution in [-0.4, -0.2) is 101 Å². The van der Waals surface area contributed by atoms with E-state index in [1.165, 1.54) is 12.2 Å². The molecule has 19 heteroatoms. The second kappa shape index (κ2) is 29.7. The molecule has 0 bridgehead atoms. The molecule has 0 saturated carbocycles. The zero-order valence-corrected chi connectivity index (χ0v) is 53.8. The van der Waals surface area contributed by atoms with E-state index in [1.54, 1.807) is 26.0 Å². The van der Waals surface area contributed by atoms with Crippen LogP contribution < -0.4 is 0 Å². The van der Waals surface area contributed by atoms with Gasteiger partial charge >= 0.3 is 58.1 Å². The third kappa shape index (κ3) is 23.0. The molecule has 0 aromatic heterocycles. The van der Waals surface area contributed by atoms with Crippen molar-refractivity contribution in [2.45, 2.75) is 117 Å². The Morgan fingerprint density at radius 2 is 0.597 bits per heavy atom. The molecule has 0 aliphatic heterocycles. The highest BCUT2D eigenvalue weighted by Gasteiger charge is 2.47. The van der Waals surface area contributed by atoms with E-state index in [9.17, 15) is 19.2 Å². The molecule has 77 heavy (non-hydrogen) atoms. The monoisotopic (exact) mass is 1150 g/mol. The Kier molecular flexibility index (Phi) is 24.8. The number of hydrogen-bond acceptors (Lipinski definition) is 13. The molecule has 4 aromatic rings. The van der Waals surface area contributed by atoms with Gasteiger partial charge in [0.05, 0.1) is 26.4 Å². The van der Waals surface area contributed by atoms with Crippen LogP contribution in [0.15, 0.2) is 157 Å². The molecule has 0 heterocycles. The lowest BCUT2D eigenvalue weighted by Crippen LogP contribution is -2.60. The fraction of sp³-hybridized carbons (Fsp3) is 0.379. The summed E-state index contributed by atoms with van der Waals surface area (Å²) in [7, 11) is -15.9. The number of rotatable bonds is 30. The van der Waals surface area contributed by atoms with Crippen LogP contribution in [0.4, 0.5) is 0 Å². The summed E-state index contributed by atoms with van der Waals surface area (Å²) >= 11 is 0. The minimum absolute atomic E-state index is 0.0987. The van der Waals surface area contributed by atoms with E-state index in [1.807, 2.05) is 174 Å². The highest BCUT2D eigenvalue weighted by molar-refractivity contribution is 6.91. The van der Waals surface area contributed by atoms with E-state index >= 15 is 0 Å². The summed E-state index contributed by atoms with van der Waals surface area (Å²) < 4.78 is 56.1. The minimum atomic E-state index is -2.82. The second-order valence-corrected chi connectivity index (χ2v) is 44.7. The standard InChI is InChI=1S/C58H82O13Si6/c1-15-63-55(59)53(41-39-51(47-31-21-17-22-32-47)48-33-23-18-24-34-48)57(61)65-43-29-45-72(3,4)67-74(7,8)69-76(11,12)71-77(13,14)70-75(9,10)68-73(5,6)46-30-44-66-58(62)54(56(60)64-16-2)42-40-52(49-35-25-19-26-36-49)50-37-27-20-28-38-50/h17-28,31-42H,15-16,29-30,43-46H2,1-14H3/b53-41-,54-42-. The van der Waals surface area contributed by atoms with Gasteiger partial charge in [-0.25, -0.2) is 19.2 Å². The summed E-state index contributed by atoms with van der Waals surface area (Å²) in [6, 6.07) is 40.4. The summed E-state index contributed by atoms with van der Waals surface area (Å²) in [6.07, 6.45) is 7.54. The SMILES string of the molecule is CCOC(=O)/C(=C/C=C(c1ccccc1)c1ccccc1)C(=O)OCCC[Si](C)(C)O[Si](C)(C)O[Si](C)(C)O[Si](C)(C)O[Si](C)(C)O[Si](C)(C)CCCOC(=O)/C(=C\C=C(c1ccccc1)c1ccccc1)C(=O)OCC. The normalized spacial score (nSPS) is 12.8. The molecule has 0 unspecified atom stereocenters. The molecule has 4 rings (SSSR count). The first-order chi connectivity index (χ1) is 36.2. The predicted octanol–water partition coefficient (Wildman–Crippen LogP) is 13.4. The smallest absolute Gasteiger partial charge is 0.345 e. The van der Waals surface area contributed by atoms with Gasteiger partial charge in [-0.1, -0.05) is 133 Å². The Labute approximate surface area is 464 Å². The van der Waals surface area contributed by atoms with Gasteiger partial charge in [-0.05, 0) is 163 Å². The Hall–Kier alpha value is -5.18. The van der Waals surface area contributed by atoms with Crippen LogP contribution in [-0.2, 0) is 58.7 Å². The van der Waals surface area contributed by atoms with Gasteiger partial charge in [0, 0.05) is 0 Å². The Bertz CT molecular complexity index is 2400. The summed E-state index contributed by atoms with van der Waals surface area (Å²) in [5.74, 6) is -2.99. The molecule has 0 radical (unpaired) electrons. The van der Waals surface area contributed by atoms with Gasteiger partial charge in [0.25, 0.3) is 0 Å². The van der Waals surface area contributed by atoms with E-state index in [-0.39, 0.29) is 37.6 Å². The number of carbonyl (C=O) groups is 4. The average Bonchev–Trinajstić information content (AvgIpc) is 3.33. The second-order valence-electron chi connectivity index (χ2n) is 21.3. The summed E-state index contributed by atoms with van der Waals surface area (Å²) in [4.78, 5) is 53.0. The molecule has 13 nitrogen and oxygen atoms in total. The predicted molar refractivity (Wildman–Crippen MR) is 320 cm³/mol. The molecular weight excluding hydrogens is 1070 g/mol. The Morgan fingerprint density at radius 3 is 0.857 bits per heavy atom. The van der Waals surface area contributed by atoms with Gasteiger partial charge in [0.2, 0.25) is 0 Å². The highest BCUT2D eigenvalue weighted by atomic mass is 28.5. The maximum Gasteiger partial charge on any atom is 0.345 e. The average molecular weight is 1160 g/mol. The Balaban J connectivity index is 1.29. The molecule has 0 amide bonds. The fourth-order valence-corrected chi connectivity index (χ4v) is 39.0. The molecule has 4 aromatic carbocycles. The number of esters is 4. The number of hydrogen-bond donors (Lipinski definition) is 0. The van der Waals surface area contributed by atoms with Crippen molar-refractivity contribution < 1.29 is 58.7 Å². The van der Waals surface area contributed by atoms with Gasteiger partial charge in [-0.3, -0.25) is 0 Å². The first-order valence-electron chi connectivity index (χ1n) is 26.4. The Morgan fingerprint density at radius 1 is 0.351 bits per heavy atom. The van der Waals surface area contributed by atoms with Crippen LogP contribution in [0.5, 0.6) is 0 Å². The molecule has 0 N–H and O–H groups in total. The maximum absolute atomic E-state index is 13.4. The van der Waals surface area contributed by atoms with Crippen LogP contribution >= 0.6 is 0 Å². The van der Waals surface area contributed by atoms with Crippen molar-refractivity contribution in [3.63, 3.8) is 0 Å². The van der Waals surface area contributed by atoms with Crippen molar-refractivity contribution in [1.29, 1.82) is 0 Å². The van der Waals surface area contributed by atoms with E-state index in [0.29, 0.717) is 24.9 Å². The highest BCUT2D eigenvalue weighted by Crippen LogP contribution is 2.31. The zero-order chi connectivity index (χ0) is 56.9. The fourth-order valence-electron chi connectivity index (χ4n) is 9.15. The summed E-state index contributed by atoms with van der Waals surface area (Å²) in [5, 5.41) is 0. The van der Waals surface area contributed by atoms with Crippen molar-refractivity contribution in [3.05, 3.63) is 179 Å². The molecule has 0 aliphatic carbocycles. The zero-order valence-electron chi connectivity index (χ0n) is 47.8. The minimum Gasteiger partial charge on any atom is -0.462 e. The van der Waals surface area contributed by atoms with Crippen molar-refractivity contribution in [2.24, 2.45) is 0 Å². The molecule has 0 aliphatic rings. The van der Waals surface area contributed by atoms with Crippen molar-refractivity contribution >= 4 is 85.9 Å². The van der Waals surface area contributed by atoms with Crippen LogP contribution in [0, 0.1) is 0 Å². The molecular formula is C58H82O13Si6. The maximum atomic E-state index is 13.4. The largest absolute Gasteiger partial charge is 0.462 e. The van der Waals surface area contributed by atoms with Crippen molar-refractivity contribution in [1.82, 2.24) is 0 Å². The lowest BCUT2D eigenvalue weighted by molar-refractivity contribution is -0.148. The molecule has 0 saturated heterocycles. The summed E-state index contributed by atoms with van der Waals surface area (Å²) in [6.45, 7) is 28.5. The van der Waals surface area contributed by atoms with Crippen molar-refractivity contribution in [3.8, 4) is 0 Å². The van der Waals surface area contributed by atoms with Crippen LogP contribution in [0.3, 0.4) is 0 Å². The quantitative estimate of drug-likeness (QED) is 0.00712. The lowest BCUT2D eigenvalue weighted by atomic mass is 9.97. The number of benzene rings is 4. The van der Waals surface area contributed by atoms with Gasteiger partial charge in [-0.2, -0.15) is 0 Å². The van der Waals surface area contributed by atoms with Crippen molar-refractivity contribution in [2.75, 3.05) is 26.4 Å². The van der Waals surface area contributed by atoms with Gasteiger partial charge in [-0.15, -0.1) is 0 Å². The van der Waals surface area contributed by atoms with E-state index < -0.39 is 74.8 Å². The van der Waals surface area contributed by atoms with Gasteiger partial charge < -0.3 is 39.5 Å². The van der Waals surface area contributed by atoms with Gasteiger partial charge in [0.1, 0.15) is 11.1 Å². The van der Waals surface area contributed by atoms with Crippen LogP contribution in [0.2, 0.25) is 90.7 Å². The van der Waals surface area contributed by atoms with E-state index in [2.05, 4.69) is 26.2 Å². The van der Waals surface area contributed by atoms with E-state index in [0.717, 1.165) is 33.4 Å².